The molecule has 0 atom stereocenters. The maximum absolute atomic E-state index is 14.0. The summed E-state index contributed by atoms with van der Waals surface area (Å²) in [5, 5.41) is 0.546. The molecule has 2 bridgehead atoms. The number of benzene rings is 2. The van der Waals surface area contributed by atoms with Crippen LogP contribution in [0.4, 0.5) is 5.69 Å². The summed E-state index contributed by atoms with van der Waals surface area (Å²) in [7, 11) is 1.62. The molecule has 4 aliphatic rings. The molecule has 37 heavy (non-hydrogen) atoms. The third kappa shape index (κ3) is 4.31. The molecule has 7 rings (SSSR count). The molecule has 0 saturated heterocycles. The highest BCUT2D eigenvalue weighted by molar-refractivity contribution is 6.31. The minimum absolute atomic E-state index is 0.0308. The van der Waals surface area contributed by atoms with Gasteiger partial charge in [0.1, 0.15) is 5.75 Å². The van der Waals surface area contributed by atoms with E-state index in [2.05, 4.69) is 17.1 Å². The fourth-order valence-electron chi connectivity index (χ4n) is 6.46. The van der Waals surface area contributed by atoms with Crippen molar-refractivity contribution in [3.05, 3.63) is 76.6 Å². The summed E-state index contributed by atoms with van der Waals surface area (Å²) in [6.45, 7) is 2.87. The molecule has 0 spiro atoms. The van der Waals surface area contributed by atoms with Crippen LogP contribution in [0.5, 0.6) is 17.2 Å². The summed E-state index contributed by atoms with van der Waals surface area (Å²) in [5.74, 6) is 2.29. The predicted octanol–water partition coefficient (Wildman–Crippen LogP) is 6.72. The summed E-state index contributed by atoms with van der Waals surface area (Å²) in [6, 6.07) is 13.8. The number of halogens is 1. The highest BCUT2D eigenvalue weighted by Gasteiger charge is 2.50. The lowest BCUT2D eigenvalue weighted by Crippen LogP contribution is -2.50. The van der Waals surface area contributed by atoms with Gasteiger partial charge < -0.3 is 19.1 Å². The van der Waals surface area contributed by atoms with E-state index in [0.717, 1.165) is 61.3 Å². The van der Waals surface area contributed by atoms with E-state index in [0.29, 0.717) is 29.7 Å². The van der Waals surface area contributed by atoms with E-state index in [1.165, 1.54) is 5.56 Å². The van der Waals surface area contributed by atoms with Gasteiger partial charge in [-0.15, -0.1) is 0 Å². The molecule has 1 aromatic heterocycles. The fourth-order valence-corrected chi connectivity index (χ4v) is 6.68. The number of rotatable bonds is 6. The summed E-state index contributed by atoms with van der Waals surface area (Å²) < 4.78 is 16.7. The molecule has 1 amide bonds. The van der Waals surface area contributed by atoms with Gasteiger partial charge >= 0.3 is 0 Å². The maximum Gasteiger partial charge on any atom is 0.258 e. The third-order valence-corrected chi connectivity index (χ3v) is 9.00. The topological polar surface area (TPSA) is 60.9 Å². The Morgan fingerprint density at radius 1 is 1.03 bits per heavy atom. The molecule has 3 fully saturated rings. The van der Waals surface area contributed by atoms with Crippen LogP contribution in [0.2, 0.25) is 5.02 Å². The Bertz CT molecular complexity index is 1330. The molecule has 1 aliphatic heterocycles. The van der Waals surface area contributed by atoms with Gasteiger partial charge in [-0.1, -0.05) is 17.7 Å². The Labute approximate surface area is 222 Å². The number of aryl methyl sites for hydroxylation is 1. The highest BCUT2D eigenvalue weighted by atomic mass is 35.5. The number of methoxy groups -OCH3 is 1. The maximum atomic E-state index is 14.0. The van der Waals surface area contributed by atoms with Gasteiger partial charge in [-0.3, -0.25) is 9.78 Å². The van der Waals surface area contributed by atoms with E-state index < -0.39 is 0 Å². The number of hydrogen-bond donors (Lipinski definition) is 0. The van der Waals surface area contributed by atoms with Crippen molar-refractivity contribution in [2.75, 3.05) is 25.3 Å². The Balaban J connectivity index is 1.30. The number of carbonyl (C=O) groups is 1. The van der Waals surface area contributed by atoms with E-state index in [-0.39, 0.29) is 16.7 Å². The normalized spacial score (nSPS) is 23.6. The molecule has 6 nitrogen and oxygen atoms in total. The molecule has 0 N–H and O–H groups in total. The molecule has 0 unspecified atom stereocenters. The number of aromatic nitrogens is 1. The second-order valence-electron chi connectivity index (χ2n) is 10.8. The average Bonchev–Trinajstić information content (AvgIpc) is 3.40. The van der Waals surface area contributed by atoms with Crippen LogP contribution in [0.15, 0.2) is 54.9 Å². The Morgan fingerprint density at radius 2 is 1.78 bits per heavy atom. The van der Waals surface area contributed by atoms with Crippen LogP contribution in [0, 0.1) is 12.3 Å². The van der Waals surface area contributed by atoms with Crippen molar-refractivity contribution in [2.45, 2.75) is 50.9 Å². The van der Waals surface area contributed by atoms with Crippen molar-refractivity contribution in [1.29, 1.82) is 0 Å². The van der Waals surface area contributed by atoms with Gasteiger partial charge in [-0.05, 0) is 97.7 Å². The first-order chi connectivity index (χ1) is 17.9. The van der Waals surface area contributed by atoms with Gasteiger partial charge in [-0.2, -0.15) is 0 Å². The molecule has 192 valence electrons. The number of carbonyl (C=O) groups excluding carboxylic acids is 1. The monoisotopic (exact) mass is 518 g/mol. The second kappa shape index (κ2) is 9.25. The van der Waals surface area contributed by atoms with Crippen LogP contribution < -0.4 is 19.1 Å². The van der Waals surface area contributed by atoms with Crippen molar-refractivity contribution in [3.8, 4) is 17.2 Å². The first-order valence-electron chi connectivity index (χ1n) is 12.9. The predicted molar refractivity (Wildman–Crippen MR) is 143 cm³/mol. The number of amides is 1. The molecular formula is C30H31ClN2O4. The van der Waals surface area contributed by atoms with Crippen LogP contribution in [0.1, 0.15) is 60.0 Å². The lowest BCUT2D eigenvalue weighted by atomic mass is 9.51. The Kier molecular flexibility index (Phi) is 6.03. The van der Waals surface area contributed by atoms with Crippen LogP contribution in [0.25, 0.3) is 0 Å². The summed E-state index contributed by atoms with van der Waals surface area (Å²) in [4.78, 5) is 20.1. The molecule has 7 heteroatoms. The van der Waals surface area contributed by atoms with Crippen LogP contribution >= 0.6 is 11.6 Å². The van der Waals surface area contributed by atoms with E-state index >= 15 is 0 Å². The smallest absolute Gasteiger partial charge is 0.258 e. The first-order valence-corrected chi connectivity index (χ1v) is 13.3. The van der Waals surface area contributed by atoms with Crippen LogP contribution in [-0.2, 0) is 5.41 Å². The summed E-state index contributed by atoms with van der Waals surface area (Å²) in [5.41, 5.74) is 3.86. The molecule has 3 saturated carbocycles. The molecule has 2 heterocycles. The Morgan fingerprint density at radius 3 is 2.51 bits per heavy atom. The highest BCUT2D eigenvalue weighted by Crippen LogP contribution is 2.59. The van der Waals surface area contributed by atoms with E-state index in [1.807, 2.05) is 30.0 Å². The second-order valence-corrected chi connectivity index (χ2v) is 11.2. The minimum atomic E-state index is -0.0308. The Hall–Kier alpha value is -3.25. The average molecular weight is 519 g/mol. The largest absolute Gasteiger partial charge is 0.497 e. The van der Waals surface area contributed by atoms with Crippen molar-refractivity contribution < 1.29 is 19.0 Å². The molecule has 3 aliphatic carbocycles. The van der Waals surface area contributed by atoms with Gasteiger partial charge in [0.05, 0.1) is 7.11 Å². The quantitative estimate of drug-likeness (QED) is 0.362. The zero-order valence-electron chi connectivity index (χ0n) is 21.3. The number of hydrogen-bond acceptors (Lipinski definition) is 5. The number of nitrogens with zero attached hydrogens (tertiary/aromatic N) is 2. The lowest BCUT2D eigenvalue weighted by Gasteiger charge is -2.55. The molecular weight excluding hydrogens is 488 g/mol. The zero-order valence-corrected chi connectivity index (χ0v) is 22.0. The van der Waals surface area contributed by atoms with E-state index in [9.17, 15) is 4.79 Å². The fraction of sp³-hybridized carbons (Fsp3) is 0.400. The van der Waals surface area contributed by atoms with Crippen molar-refractivity contribution in [2.24, 2.45) is 5.41 Å². The SMILES string of the molecule is COc1cc(Cl)cc(N(CC23CCC(c4ccc5c(c4)OCO5)(CC2)CC3)C(=O)c2ccncc2C)c1. The number of anilines is 1. The third-order valence-electron chi connectivity index (χ3n) is 8.78. The molecule has 2 aromatic carbocycles. The number of fused-ring (bicyclic) bond motifs is 4. The van der Waals surface area contributed by atoms with Crippen molar-refractivity contribution in [3.63, 3.8) is 0 Å². The molecule has 3 aromatic rings. The van der Waals surface area contributed by atoms with Crippen molar-refractivity contribution in [1.82, 2.24) is 4.98 Å². The molecule has 0 radical (unpaired) electrons. The van der Waals surface area contributed by atoms with Crippen molar-refractivity contribution >= 4 is 23.2 Å². The van der Waals surface area contributed by atoms with Crippen LogP contribution in [-0.4, -0.2) is 31.3 Å². The first kappa shape index (κ1) is 24.1. The lowest BCUT2D eigenvalue weighted by molar-refractivity contribution is 0.0441. The summed E-state index contributed by atoms with van der Waals surface area (Å²) >= 11 is 6.45. The zero-order chi connectivity index (χ0) is 25.6. The number of pyridine rings is 1. The van der Waals surface area contributed by atoms with Gasteiger partial charge in [-0.25, -0.2) is 0 Å². The van der Waals surface area contributed by atoms with Crippen LogP contribution in [0.3, 0.4) is 0 Å². The minimum Gasteiger partial charge on any atom is -0.497 e. The van der Waals surface area contributed by atoms with Gasteiger partial charge in [0.2, 0.25) is 6.79 Å². The van der Waals surface area contributed by atoms with Gasteiger partial charge in [0, 0.05) is 41.3 Å². The van der Waals surface area contributed by atoms with Gasteiger partial charge in [0.25, 0.3) is 5.91 Å². The standard InChI is InChI=1S/C30H31ClN2O4/c1-20-17-32-12-5-25(20)28(34)33(23-14-22(31)15-24(16-23)35-2)18-29-6-9-30(10-7-29,11-8-29)21-3-4-26-27(13-21)37-19-36-26/h3-5,12-17H,6-11,18-19H2,1-2H3. The van der Waals surface area contributed by atoms with Gasteiger partial charge in [0.15, 0.2) is 11.5 Å². The van der Waals surface area contributed by atoms with E-state index in [1.54, 1.807) is 31.6 Å². The number of ether oxygens (including phenoxy) is 3. The summed E-state index contributed by atoms with van der Waals surface area (Å²) in [6.07, 6.45) is 9.92. The van der Waals surface area contributed by atoms with E-state index in [4.69, 9.17) is 25.8 Å².